The smallest absolute Gasteiger partial charge is 0.220 e. The quantitative estimate of drug-likeness (QED) is 0.602. The zero-order chi connectivity index (χ0) is 16.5. The molecule has 23 heavy (non-hydrogen) atoms. The second kappa shape index (κ2) is 8.78. The molecule has 120 valence electrons. The molecule has 2 aromatic rings. The summed E-state index contributed by atoms with van der Waals surface area (Å²) in [5.74, 6) is -0.685. The van der Waals surface area contributed by atoms with Crippen molar-refractivity contribution >= 4 is 11.7 Å². The Hall–Kier alpha value is -2.56. The molecule has 0 saturated heterocycles. The fraction of sp³-hybridized carbons (Fsp3) is 0.278. The van der Waals surface area contributed by atoms with E-state index in [2.05, 4.69) is 10.3 Å². The van der Waals surface area contributed by atoms with Crippen LogP contribution in [0.2, 0.25) is 0 Å². The third kappa shape index (κ3) is 5.98. The van der Waals surface area contributed by atoms with E-state index in [0.29, 0.717) is 12.1 Å². The van der Waals surface area contributed by atoms with Crippen LogP contribution in [0.1, 0.15) is 35.2 Å². The molecule has 0 fully saturated rings. The molecule has 1 aromatic carbocycles. The summed E-state index contributed by atoms with van der Waals surface area (Å²) in [6, 6.07) is 9.23. The first-order chi connectivity index (χ1) is 11.1. The number of hydrogen-bond acceptors (Lipinski definition) is 3. The van der Waals surface area contributed by atoms with Crippen LogP contribution in [0.15, 0.2) is 48.8 Å². The van der Waals surface area contributed by atoms with Crippen LogP contribution in [-0.4, -0.2) is 23.2 Å². The second-order valence-electron chi connectivity index (χ2n) is 5.24. The standard InChI is InChI=1S/C18H19FN2O2/c19-16-7-5-15(6-8-16)17(22)9-10-18(23)21-12-2-4-14-3-1-11-20-13-14/h1,3,5-8,11,13H,2,4,9-10,12H2,(H,21,23). The number of aromatic nitrogens is 1. The maximum Gasteiger partial charge on any atom is 0.220 e. The van der Waals surface area contributed by atoms with Crippen molar-refractivity contribution in [2.75, 3.05) is 6.54 Å². The number of ketones is 1. The number of hydrogen-bond donors (Lipinski definition) is 1. The predicted molar refractivity (Wildman–Crippen MR) is 85.5 cm³/mol. The topological polar surface area (TPSA) is 59.1 Å². The predicted octanol–water partition coefficient (Wildman–Crippen LogP) is 2.93. The second-order valence-corrected chi connectivity index (χ2v) is 5.24. The van der Waals surface area contributed by atoms with Crippen LogP contribution in [0.25, 0.3) is 0 Å². The van der Waals surface area contributed by atoms with E-state index in [0.717, 1.165) is 18.4 Å². The zero-order valence-corrected chi connectivity index (χ0v) is 12.8. The van der Waals surface area contributed by atoms with E-state index >= 15 is 0 Å². The Labute approximate surface area is 134 Å². The van der Waals surface area contributed by atoms with Gasteiger partial charge in [0, 0.05) is 37.3 Å². The van der Waals surface area contributed by atoms with Crippen LogP contribution >= 0.6 is 0 Å². The van der Waals surface area contributed by atoms with Crippen molar-refractivity contribution in [3.63, 3.8) is 0 Å². The molecule has 0 spiro atoms. The van der Waals surface area contributed by atoms with Crippen molar-refractivity contribution in [2.45, 2.75) is 25.7 Å². The molecular weight excluding hydrogens is 295 g/mol. The monoisotopic (exact) mass is 314 g/mol. The van der Waals surface area contributed by atoms with E-state index in [1.807, 2.05) is 18.3 Å². The van der Waals surface area contributed by atoms with Crippen molar-refractivity contribution in [3.8, 4) is 0 Å². The summed E-state index contributed by atoms with van der Waals surface area (Å²) in [4.78, 5) is 27.6. The van der Waals surface area contributed by atoms with Crippen LogP contribution in [0.5, 0.6) is 0 Å². The molecule has 4 nitrogen and oxygen atoms in total. The lowest BCUT2D eigenvalue weighted by atomic mass is 10.1. The van der Waals surface area contributed by atoms with Gasteiger partial charge in [-0.2, -0.15) is 0 Å². The minimum absolute atomic E-state index is 0.125. The fourth-order valence-electron chi connectivity index (χ4n) is 2.16. The fourth-order valence-corrected chi connectivity index (χ4v) is 2.16. The first-order valence-electron chi connectivity index (χ1n) is 7.59. The van der Waals surface area contributed by atoms with Gasteiger partial charge in [0.2, 0.25) is 5.91 Å². The summed E-state index contributed by atoms with van der Waals surface area (Å²) >= 11 is 0. The highest BCUT2D eigenvalue weighted by Crippen LogP contribution is 2.07. The van der Waals surface area contributed by atoms with Crippen LogP contribution in [-0.2, 0) is 11.2 Å². The summed E-state index contributed by atoms with van der Waals surface area (Å²) in [5.41, 5.74) is 1.56. The lowest BCUT2D eigenvalue weighted by molar-refractivity contribution is -0.121. The van der Waals surface area contributed by atoms with Gasteiger partial charge in [0.1, 0.15) is 5.82 Å². The van der Waals surface area contributed by atoms with Gasteiger partial charge >= 0.3 is 0 Å². The van der Waals surface area contributed by atoms with Gasteiger partial charge in [-0.1, -0.05) is 6.07 Å². The van der Waals surface area contributed by atoms with E-state index < -0.39 is 0 Å². The third-order valence-electron chi connectivity index (χ3n) is 3.43. The molecule has 0 bridgehead atoms. The highest BCUT2D eigenvalue weighted by molar-refractivity contribution is 5.97. The molecule has 5 heteroatoms. The third-order valence-corrected chi connectivity index (χ3v) is 3.43. The van der Waals surface area contributed by atoms with Crippen molar-refractivity contribution < 1.29 is 14.0 Å². The molecule has 2 rings (SSSR count). The highest BCUT2D eigenvalue weighted by atomic mass is 19.1. The first-order valence-corrected chi connectivity index (χ1v) is 7.59. The number of halogens is 1. The average molecular weight is 314 g/mol. The Kier molecular flexibility index (Phi) is 6.41. The SMILES string of the molecule is O=C(CCC(=O)c1ccc(F)cc1)NCCCc1cccnc1. The van der Waals surface area contributed by atoms with Crippen molar-refractivity contribution in [2.24, 2.45) is 0 Å². The number of carbonyl (C=O) groups is 2. The number of nitrogens with one attached hydrogen (secondary N) is 1. The number of aryl methyl sites for hydroxylation is 1. The minimum Gasteiger partial charge on any atom is -0.356 e. The molecule has 1 amide bonds. The number of carbonyl (C=O) groups excluding carboxylic acids is 2. The van der Waals surface area contributed by atoms with Crippen LogP contribution < -0.4 is 5.32 Å². The summed E-state index contributed by atoms with van der Waals surface area (Å²) in [6.45, 7) is 0.568. The largest absolute Gasteiger partial charge is 0.356 e. The average Bonchev–Trinajstić information content (AvgIpc) is 2.58. The molecule has 1 N–H and O–H groups in total. The van der Waals surface area contributed by atoms with Gasteiger partial charge in [0.15, 0.2) is 5.78 Å². The van der Waals surface area contributed by atoms with Gasteiger partial charge in [0.25, 0.3) is 0 Å². The van der Waals surface area contributed by atoms with Gasteiger partial charge in [0.05, 0.1) is 0 Å². The molecular formula is C18H19FN2O2. The molecule has 0 aliphatic carbocycles. The van der Waals surface area contributed by atoms with E-state index in [4.69, 9.17) is 0 Å². The van der Waals surface area contributed by atoms with E-state index in [1.165, 1.54) is 24.3 Å². The first kappa shape index (κ1) is 16.8. The zero-order valence-electron chi connectivity index (χ0n) is 12.8. The van der Waals surface area contributed by atoms with Crippen LogP contribution in [0, 0.1) is 5.82 Å². The molecule has 1 heterocycles. The molecule has 0 radical (unpaired) electrons. The number of rotatable bonds is 8. The van der Waals surface area contributed by atoms with Crippen LogP contribution in [0.3, 0.4) is 0 Å². The molecule has 1 aromatic heterocycles. The normalized spacial score (nSPS) is 10.3. The highest BCUT2D eigenvalue weighted by Gasteiger charge is 2.09. The van der Waals surface area contributed by atoms with Gasteiger partial charge in [-0.3, -0.25) is 14.6 Å². The van der Waals surface area contributed by atoms with E-state index in [-0.39, 0.29) is 30.3 Å². The summed E-state index contributed by atoms with van der Waals surface area (Å²) in [7, 11) is 0. The van der Waals surface area contributed by atoms with E-state index in [1.54, 1.807) is 6.20 Å². The number of pyridine rings is 1. The van der Waals surface area contributed by atoms with Crippen molar-refractivity contribution in [1.82, 2.24) is 10.3 Å². The van der Waals surface area contributed by atoms with E-state index in [9.17, 15) is 14.0 Å². The van der Waals surface area contributed by atoms with Gasteiger partial charge in [-0.05, 0) is 48.7 Å². The number of benzene rings is 1. The number of Topliss-reactive ketones (excluding diaryl/α,β-unsaturated/α-hetero) is 1. The molecule has 0 unspecified atom stereocenters. The minimum atomic E-state index is -0.382. The maximum atomic E-state index is 12.8. The Balaban J connectivity index is 1.63. The Morgan fingerprint density at radius 2 is 1.87 bits per heavy atom. The van der Waals surface area contributed by atoms with Gasteiger partial charge < -0.3 is 5.32 Å². The lowest BCUT2D eigenvalue weighted by Gasteiger charge is -2.05. The van der Waals surface area contributed by atoms with Crippen LogP contribution in [0.4, 0.5) is 4.39 Å². The summed E-state index contributed by atoms with van der Waals surface area (Å²) in [6.07, 6.45) is 5.47. The maximum absolute atomic E-state index is 12.8. The molecule has 0 aliphatic rings. The summed E-state index contributed by atoms with van der Waals surface area (Å²) < 4.78 is 12.8. The Morgan fingerprint density at radius 3 is 2.57 bits per heavy atom. The molecule has 0 aliphatic heterocycles. The number of nitrogens with zero attached hydrogens (tertiary/aromatic N) is 1. The Bertz CT molecular complexity index is 642. The van der Waals surface area contributed by atoms with Crippen molar-refractivity contribution in [3.05, 3.63) is 65.7 Å². The summed E-state index contributed by atoms with van der Waals surface area (Å²) in [5, 5.41) is 2.80. The number of amides is 1. The molecule has 0 saturated carbocycles. The van der Waals surface area contributed by atoms with Gasteiger partial charge in [-0.15, -0.1) is 0 Å². The molecule has 0 atom stereocenters. The van der Waals surface area contributed by atoms with Crippen molar-refractivity contribution in [1.29, 1.82) is 0 Å². The van der Waals surface area contributed by atoms with Gasteiger partial charge in [-0.25, -0.2) is 4.39 Å². The Morgan fingerprint density at radius 1 is 1.09 bits per heavy atom. The lowest BCUT2D eigenvalue weighted by Crippen LogP contribution is -2.25.